The zero-order chi connectivity index (χ0) is 25.4. The minimum atomic E-state index is -1.19. The van der Waals surface area contributed by atoms with Crippen LogP contribution in [0.25, 0.3) is 0 Å². The molecule has 0 aromatic carbocycles. The zero-order valence-corrected chi connectivity index (χ0v) is 18.9. The van der Waals surface area contributed by atoms with E-state index in [4.69, 9.17) is 36.5 Å². The summed E-state index contributed by atoms with van der Waals surface area (Å²) in [5.41, 5.74) is 0.581. The van der Waals surface area contributed by atoms with Gasteiger partial charge in [-0.25, -0.2) is 14.4 Å². The van der Waals surface area contributed by atoms with E-state index in [1.807, 2.05) is 18.2 Å². The standard InChI is InChI=1S/C6H8O4.C5H5N.C4H5ClO.C4H8O.C2H4O3/c1-4(2)6(9)10-3-5(7)8;1-2-4-6-5-3-1;1-3(2)4(5)6;1-2-4-5-3-1;3-1-2(4)5/h1,3H2,2H3,(H,7,8);1-5H;1H2,2H3;1-4H2;3H,1H2,(H,4,5). The molecule has 32 heavy (non-hydrogen) atoms. The van der Waals surface area contributed by atoms with E-state index in [0.717, 1.165) is 13.2 Å². The predicted octanol–water partition coefficient (Wildman–Crippen LogP) is 2.46. The number of aliphatic hydroxyl groups is 1. The van der Waals surface area contributed by atoms with E-state index in [9.17, 15) is 14.4 Å². The second-order valence-electron chi connectivity index (χ2n) is 5.70. The van der Waals surface area contributed by atoms with Gasteiger partial charge in [-0.3, -0.25) is 9.78 Å². The molecule has 0 aliphatic carbocycles. The number of ether oxygens (including phenoxy) is 2. The molecule has 1 aromatic heterocycles. The third-order valence-corrected chi connectivity index (χ3v) is 2.86. The maximum absolute atomic E-state index is 10.5. The number of halogens is 1. The number of carbonyl (C=O) groups excluding carboxylic acids is 2. The average molecular weight is 476 g/mol. The van der Waals surface area contributed by atoms with Gasteiger partial charge in [0, 0.05) is 36.8 Å². The van der Waals surface area contributed by atoms with Gasteiger partial charge in [-0.05, 0) is 50.4 Å². The highest BCUT2D eigenvalue weighted by Crippen LogP contribution is 1.98. The second kappa shape index (κ2) is 24.2. The summed E-state index contributed by atoms with van der Waals surface area (Å²) in [4.78, 5) is 43.0. The molecule has 2 rings (SSSR count). The number of aliphatic hydroxyl groups excluding tert-OH is 1. The fourth-order valence-corrected chi connectivity index (χ4v) is 1.07. The molecule has 0 amide bonds. The van der Waals surface area contributed by atoms with Crippen LogP contribution in [0.4, 0.5) is 0 Å². The number of aromatic nitrogens is 1. The third kappa shape index (κ3) is 34.4. The molecule has 11 heteroatoms. The molecule has 3 N–H and O–H groups in total. The van der Waals surface area contributed by atoms with Crippen LogP contribution in [-0.4, -0.2) is 69.9 Å². The quantitative estimate of drug-likeness (QED) is 0.327. The van der Waals surface area contributed by atoms with Gasteiger partial charge in [0.15, 0.2) is 6.61 Å². The number of esters is 1. The molecular formula is C21H30ClNO9. The molecule has 1 aliphatic rings. The molecule has 1 aromatic rings. The molecule has 0 bridgehead atoms. The number of aliphatic carboxylic acids is 2. The molecule has 1 saturated heterocycles. The van der Waals surface area contributed by atoms with E-state index < -0.39 is 36.4 Å². The van der Waals surface area contributed by atoms with Crippen molar-refractivity contribution < 1.29 is 44.0 Å². The summed E-state index contributed by atoms with van der Waals surface area (Å²) in [5, 5.41) is 22.6. The summed E-state index contributed by atoms with van der Waals surface area (Å²) in [6.45, 7) is 10.2. The Labute approximate surface area is 192 Å². The summed E-state index contributed by atoms with van der Waals surface area (Å²) < 4.78 is 9.17. The first kappa shape index (κ1) is 33.6. The van der Waals surface area contributed by atoms with E-state index >= 15 is 0 Å². The van der Waals surface area contributed by atoms with Crippen LogP contribution < -0.4 is 0 Å². The van der Waals surface area contributed by atoms with Gasteiger partial charge in [0.2, 0.25) is 5.24 Å². The minimum Gasteiger partial charge on any atom is -0.480 e. The van der Waals surface area contributed by atoms with Gasteiger partial charge in [0.25, 0.3) is 0 Å². The van der Waals surface area contributed by atoms with E-state index in [1.165, 1.54) is 19.8 Å². The number of allylic oxidation sites excluding steroid dienone is 1. The van der Waals surface area contributed by atoms with Crippen LogP contribution in [0.15, 0.2) is 54.9 Å². The number of pyridine rings is 1. The first-order valence-electron chi connectivity index (χ1n) is 9.10. The van der Waals surface area contributed by atoms with E-state index in [0.29, 0.717) is 5.57 Å². The first-order chi connectivity index (χ1) is 14.9. The highest BCUT2D eigenvalue weighted by atomic mass is 35.5. The number of carbonyl (C=O) groups is 4. The maximum atomic E-state index is 10.5. The van der Waals surface area contributed by atoms with Crippen LogP contribution in [0.5, 0.6) is 0 Å². The Kier molecular flexibility index (Phi) is 25.4. The Morgan fingerprint density at radius 3 is 1.56 bits per heavy atom. The Balaban J connectivity index is -0.000000338. The van der Waals surface area contributed by atoms with Crippen LogP contribution in [0, 0.1) is 0 Å². The molecular weight excluding hydrogens is 446 g/mol. The summed E-state index contributed by atoms with van der Waals surface area (Å²) in [7, 11) is 0. The highest BCUT2D eigenvalue weighted by Gasteiger charge is 2.04. The third-order valence-electron chi connectivity index (χ3n) is 2.54. The van der Waals surface area contributed by atoms with Gasteiger partial charge in [0.1, 0.15) is 6.61 Å². The molecule has 0 atom stereocenters. The van der Waals surface area contributed by atoms with Crippen molar-refractivity contribution in [3.8, 4) is 0 Å². The first-order valence-corrected chi connectivity index (χ1v) is 9.48. The van der Waals surface area contributed by atoms with E-state index in [1.54, 1.807) is 19.3 Å². The Bertz CT molecular complexity index is 643. The number of nitrogens with zero attached hydrogens (tertiary/aromatic N) is 1. The topological polar surface area (TPSA) is 160 Å². The van der Waals surface area contributed by atoms with Gasteiger partial charge in [-0.15, -0.1) is 0 Å². The fourth-order valence-electron chi connectivity index (χ4n) is 1.07. The normalized spacial score (nSPS) is 10.5. The minimum absolute atomic E-state index is 0.196. The van der Waals surface area contributed by atoms with Crippen LogP contribution in [0.1, 0.15) is 26.7 Å². The van der Waals surface area contributed by atoms with Gasteiger partial charge >= 0.3 is 17.9 Å². The Morgan fingerprint density at radius 2 is 1.41 bits per heavy atom. The monoisotopic (exact) mass is 475 g/mol. The van der Waals surface area contributed by atoms with Crippen molar-refractivity contribution >= 4 is 34.8 Å². The average Bonchev–Trinajstić information content (AvgIpc) is 3.34. The van der Waals surface area contributed by atoms with Crippen LogP contribution in [0.2, 0.25) is 0 Å². The Hall–Kier alpha value is -3.08. The molecule has 2 heterocycles. The molecule has 10 nitrogen and oxygen atoms in total. The van der Waals surface area contributed by atoms with Crippen molar-refractivity contribution in [1.82, 2.24) is 4.98 Å². The van der Waals surface area contributed by atoms with Crippen molar-refractivity contribution in [2.24, 2.45) is 0 Å². The van der Waals surface area contributed by atoms with Gasteiger partial charge in [-0.1, -0.05) is 19.2 Å². The smallest absolute Gasteiger partial charge is 0.341 e. The van der Waals surface area contributed by atoms with Gasteiger partial charge in [-0.2, -0.15) is 0 Å². The van der Waals surface area contributed by atoms with E-state index in [2.05, 4.69) is 22.9 Å². The van der Waals surface area contributed by atoms with Crippen LogP contribution >= 0.6 is 11.6 Å². The summed E-state index contributed by atoms with van der Waals surface area (Å²) >= 11 is 4.87. The predicted molar refractivity (Wildman–Crippen MR) is 118 cm³/mol. The lowest BCUT2D eigenvalue weighted by atomic mass is 10.4. The van der Waals surface area contributed by atoms with Crippen molar-refractivity contribution in [3.05, 3.63) is 54.9 Å². The molecule has 0 unspecified atom stereocenters. The summed E-state index contributed by atoms with van der Waals surface area (Å²) in [5.74, 6) is -3.04. The lowest BCUT2D eigenvalue weighted by Gasteiger charge is -1.98. The summed E-state index contributed by atoms with van der Waals surface area (Å²) in [6, 6.07) is 5.72. The van der Waals surface area contributed by atoms with Crippen molar-refractivity contribution in [3.63, 3.8) is 0 Å². The second-order valence-corrected chi connectivity index (χ2v) is 6.04. The molecule has 1 aliphatic heterocycles. The number of carboxylic acids is 2. The lowest BCUT2D eigenvalue weighted by molar-refractivity contribution is -0.152. The van der Waals surface area contributed by atoms with Gasteiger partial charge in [0.05, 0.1) is 0 Å². The lowest BCUT2D eigenvalue weighted by Crippen LogP contribution is -2.12. The SMILES string of the molecule is C1CCOC1.C=C(C)C(=O)Cl.C=C(C)C(=O)OCC(=O)O.O=C(O)CO.c1ccncc1. The summed E-state index contributed by atoms with van der Waals surface area (Å²) in [6.07, 6.45) is 6.06. The largest absolute Gasteiger partial charge is 0.480 e. The molecule has 0 saturated carbocycles. The number of rotatable bonds is 5. The maximum Gasteiger partial charge on any atom is 0.341 e. The molecule has 1 fully saturated rings. The molecule has 0 radical (unpaired) electrons. The van der Waals surface area contributed by atoms with E-state index in [-0.39, 0.29) is 5.57 Å². The Morgan fingerprint density at radius 1 is 0.969 bits per heavy atom. The molecule has 180 valence electrons. The van der Waals surface area contributed by atoms with Crippen LogP contribution in [0.3, 0.4) is 0 Å². The zero-order valence-electron chi connectivity index (χ0n) is 18.2. The van der Waals surface area contributed by atoms with Crippen molar-refractivity contribution in [2.45, 2.75) is 26.7 Å². The molecule has 0 spiro atoms. The van der Waals surface area contributed by atoms with Crippen molar-refractivity contribution in [2.75, 3.05) is 26.4 Å². The highest BCUT2D eigenvalue weighted by molar-refractivity contribution is 6.67. The fraction of sp³-hybridized carbons (Fsp3) is 0.381. The van der Waals surface area contributed by atoms with Crippen molar-refractivity contribution in [1.29, 1.82) is 0 Å². The van der Waals surface area contributed by atoms with Gasteiger partial charge < -0.3 is 24.8 Å². The number of hydrogen-bond donors (Lipinski definition) is 3. The number of hydrogen-bond acceptors (Lipinski definition) is 8. The van der Waals surface area contributed by atoms with Crippen LogP contribution in [-0.2, 0) is 28.7 Å². The number of carboxylic acid groups (broad SMARTS) is 2.